The minimum atomic E-state index is -0.116. The van der Waals surface area contributed by atoms with Gasteiger partial charge in [-0.2, -0.15) is 0 Å². The zero-order valence-electron chi connectivity index (χ0n) is 7.92. The number of aromatic nitrogens is 1. The van der Waals surface area contributed by atoms with Gasteiger partial charge in [-0.15, -0.1) is 11.3 Å². The molecule has 1 aromatic heterocycles. The lowest BCUT2D eigenvalue weighted by molar-refractivity contribution is -0.111. The summed E-state index contributed by atoms with van der Waals surface area (Å²) in [4.78, 5) is 16.3. The zero-order valence-corrected chi connectivity index (χ0v) is 8.73. The molecule has 0 aliphatic heterocycles. The molecule has 0 aliphatic rings. The molecule has 0 unspecified atom stereocenters. The van der Waals surface area contributed by atoms with Crippen LogP contribution >= 0.6 is 11.3 Å². The molecule has 4 heteroatoms. The Labute approximate surface area is 81.5 Å². The second-order valence-electron chi connectivity index (χ2n) is 2.99. The Hall–Kier alpha value is -1.16. The maximum absolute atomic E-state index is 11.2. The predicted molar refractivity (Wildman–Crippen MR) is 54.9 cm³/mol. The smallest absolute Gasteiger partial charge is 0.250 e. The Morgan fingerprint density at radius 3 is 2.77 bits per heavy atom. The van der Waals surface area contributed by atoms with Crippen LogP contribution in [0.4, 0.5) is 5.13 Å². The topological polar surface area (TPSA) is 42.0 Å². The molecule has 1 amide bonds. The van der Waals surface area contributed by atoms with Gasteiger partial charge in [0.1, 0.15) is 0 Å². The molecule has 3 nitrogen and oxygen atoms in total. The normalized spacial score (nSPS) is 9.46. The van der Waals surface area contributed by atoms with Crippen LogP contribution in [0.3, 0.4) is 0 Å². The molecule has 1 rings (SSSR count). The standard InChI is InChI=1S/C9H12N2OS/c1-6(2)4-8(12)11-9-10-5-7(3)13-9/h4-5H,1-3H3,(H,10,11,12). The maximum atomic E-state index is 11.2. The van der Waals surface area contributed by atoms with E-state index in [-0.39, 0.29) is 5.91 Å². The van der Waals surface area contributed by atoms with Gasteiger partial charge in [-0.1, -0.05) is 5.57 Å². The number of nitrogens with zero attached hydrogens (tertiary/aromatic N) is 1. The van der Waals surface area contributed by atoms with Gasteiger partial charge in [0.05, 0.1) is 0 Å². The van der Waals surface area contributed by atoms with Crippen molar-refractivity contribution in [3.8, 4) is 0 Å². The molecule has 0 aliphatic carbocycles. The van der Waals surface area contributed by atoms with Crippen molar-refractivity contribution in [1.82, 2.24) is 4.98 Å². The molecule has 0 saturated carbocycles. The lowest BCUT2D eigenvalue weighted by Gasteiger charge is -1.95. The monoisotopic (exact) mass is 196 g/mol. The molecular weight excluding hydrogens is 184 g/mol. The number of thiazole rings is 1. The predicted octanol–water partition coefficient (Wildman–Crippen LogP) is 2.36. The highest BCUT2D eigenvalue weighted by molar-refractivity contribution is 7.15. The summed E-state index contributed by atoms with van der Waals surface area (Å²) in [5.41, 5.74) is 0.978. The Kier molecular flexibility index (Phi) is 3.19. The number of carbonyl (C=O) groups is 1. The van der Waals surface area contributed by atoms with E-state index in [9.17, 15) is 4.79 Å². The van der Waals surface area contributed by atoms with Gasteiger partial charge in [0.15, 0.2) is 5.13 Å². The van der Waals surface area contributed by atoms with Crippen molar-refractivity contribution >= 4 is 22.4 Å². The lowest BCUT2D eigenvalue weighted by Crippen LogP contribution is -2.07. The third-order valence-corrected chi connectivity index (χ3v) is 2.10. The van der Waals surface area contributed by atoms with Crippen LogP contribution in [0, 0.1) is 6.92 Å². The molecule has 0 fully saturated rings. The molecule has 0 atom stereocenters. The first-order chi connectivity index (χ1) is 6.08. The molecule has 0 saturated heterocycles. The van der Waals surface area contributed by atoms with Crippen molar-refractivity contribution < 1.29 is 4.79 Å². The van der Waals surface area contributed by atoms with Gasteiger partial charge in [-0.05, 0) is 20.8 Å². The summed E-state index contributed by atoms with van der Waals surface area (Å²) in [5, 5.41) is 3.34. The van der Waals surface area contributed by atoms with Gasteiger partial charge in [-0.3, -0.25) is 10.1 Å². The molecule has 1 N–H and O–H groups in total. The first kappa shape index (κ1) is 9.92. The number of carbonyl (C=O) groups excluding carboxylic acids is 1. The Morgan fingerprint density at radius 2 is 2.31 bits per heavy atom. The summed E-state index contributed by atoms with van der Waals surface area (Å²) in [6, 6.07) is 0. The molecule has 1 heterocycles. The highest BCUT2D eigenvalue weighted by Gasteiger charge is 2.01. The number of hydrogen-bond donors (Lipinski definition) is 1. The van der Waals surface area contributed by atoms with E-state index in [0.717, 1.165) is 10.5 Å². The van der Waals surface area contributed by atoms with Crippen LogP contribution in [-0.4, -0.2) is 10.9 Å². The van der Waals surface area contributed by atoms with Crippen LogP contribution in [0.1, 0.15) is 18.7 Å². The fourth-order valence-corrected chi connectivity index (χ4v) is 1.48. The van der Waals surface area contributed by atoms with Crippen LogP contribution in [0.2, 0.25) is 0 Å². The minimum Gasteiger partial charge on any atom is -0.298 e. The summed E-state index contributed by atoms with van der Waals surface area (Å²) in [7, 11) is 0. The van der Waals surface area contributed by atoms with Gasteiger partial charge >= 0.3 is 0 Å². The van der Waals surface area contributed by atoms with E-state index in [1.807, 2.05) is 20.8 Å². The highest BCUT2D eigenvalue weighted by atomic mass is 32.1. The number of amides is 1. The van der Waals surface area contributed by atoms with E-state index in [1.165, 1.54) is 11.3 Å². The lowest BCUT2D eigenvalue weighted by atomic mass is 10.3. The third-order valence-electron chi connectivity index (χ3n) is 1.27. The first-order valence-corrected chi connectivity index (χ1v) is 4.78. The zero-order chi connectivity index (χ0) is 9.84. The van der Waals surface area contributed by atoms with E-state index >= 15 is 0 Å². The fraction of sp³-hybridized carbons (Fsp3) is 0.333. The Morgan fingerprint density at radius 1 is 1.62 bits per heavy atom. The second kappa shape index (κ2) is 4.18. The van der Waals surface area contributed by atoms with Crippen molar-refractivity contribution in [3.05, 3.63) is 22.7 Å². The average molecular weight is 196 g/mol. The van der Waals surface area contributed by atoms with Crippen molar-refractivity contribution in [3.63, 3.8) is 0 Å². The maximum Gasteiger partial charge on any atom is 0.250 e. The van der Waals surface area contributed by atoms with E-state index in [0.29, 0.717) is 5.13 Å². The van der Waals surface area contributed by atoms with Gasteiger partial charge < -0.3 is 0 Å². The summed E-state index contributed by atoms with van der Waals surface area (Å²) in [6.07, 6.45) is 3.29. The number of nitrogens with one attached hydrogen (secondary N) is 1. The second-order valence-corrected chi connectivity index (χ2v) is 4.22. The summed E-state index contributed by atoms with van der Waals surface area (Å²) in [5.74, 6) is -0.116. The van der Waals surface area contributed by atoms with E-state index in [2.05, 4.69) is 10.3 Å². The molecule has 70 valence electrons. The molecular formula is C9H12N2OS. The van der Waals surface area contributed by atoms with E-state index in [4.69, 9.17) is 0 Å². The molecule has 13 heavy (non-hydrogen) atoms. The highest BCUT2D eigenvalue weighted by Crippen LogP contribution is 2.16. The first-order valence-electron chi connectivity index (χ1n) is 3.96. The van der Waals surface area contributed by atoms with Gasteiger partial charge in [-0.25, -0.2) is 4.98 Å². The van der Waals surface area contributed by atoms with Crippen molar-refractivity contribution in [2.24, 2.45) is 0 Å². The van der Waals surface area contributed by atoms with Gasteiger partial charge in [0.2, 0.25) is 5.91 Å². The number of aryl methyl sites for hydroxylation is 1. The number of hydrogen-bond acceptors (Lipinski definition) is 3. The molecule has 0 aromatic carbocycles. The summed E-state index contributed by atoms with van der Waals surface area (Å²) < 4.78 is 0. The largest absolute Gasteiger partial charge is 0.298 e. The summed E-state index contributed by atoms with van der Waals surface area (Å²) >= 11 is 1.47. The van der Waals surface area contributed by atoms with Gasteiger partial charge in [0, 0.05) is 17.2 Å². The van der Waals surface area contributed by atoms with Crippen LogP contribution in [0.25, 0.3) is 0 Å². The van der Waals surface area contributed by atoms with Gasteiger partial charge in [0.25, 0.3) is 0 Å². The van der Waals surface area contributed by atoms with E-state index in [1.54, 1.807) is 12.3 Å². The van der Waals surface area contributed by atoms with Crippen LogP contribution in [0.5, 0.6) is 0 Å². The average Bonchev–Trinajstić information content (AvgIpc) is 2.33. The number of anilines is 1. The van der Waals surface area contributed by atoms with E-state index < -0.39 is 0 Å². The fourth-order valence-electron chi connectivity index (χ4n) is 0.816. The quantitative estimate of drug-likeness (QED) is 0.738. The van der Waals surface area contributed by atoms with Crippen molar-refractivity contribution in [2.75, 3.05) is 5.32 Å². The summed E-state index contributed by atoms with van der Waals surface area (Å²) in [6.45, 7) is 5.72. The SMILES string of the molecule is CC(C)=CC(=O)Nc1ncc(C)s1. The van der Waals surface area contributed by atoms with Crippen molar-refractivity contribution in [1.29, 1.82) is 0 Å². The molecule has 0 bridgehead atoms. The molecule has 1 aromatic rings. The number of allylic oxidation sites excluding steroid dienone is 1. The third kappa shape index (κ3) is 3.38. The van der Waals surface area contributed by atoms with Crippen LogP contribution < -0.4 is 5.32 Å². The van der Waals surface area contributed by atoms with Crippen LogP contribution in [0.15, 0.2) is 17.8 Å². The minimum absolute atomic E-state index is 0.116. The Balaban J connectivity index is 2.60. The number of rotatable bonds is 2. The van der Waals surface area contributed by atoms with Crippen molar-refractivity contribution in [2.45, 2.75) is 20.8 Å². The molecule has 0 radical (unpaired) electrons. The van der Waals surface area contributed by atoms with Crippen LogP contribution in [-0.2, 0) is 4.79 Å². The molecule has 0 spiro atoms. The Bertz CT molecular complexity index is 337.